The van der Waals surface area contributed by atoms with E-state index in [-0.39, 0.29) is 17.9 Å². The largest absolute Gasteiger partial charge is 0.380 e. The number of nitrogens with one attached hydrogen (secondary N) is 2. The van der Waals surface area contributed by atoms with Crippen molar-refractivity contribution in [3.8, 4) is 0 Å². The Bertz CT molecular complexity index is 276. The second-order valence-electron chi connectivity index (χ2n) is 4.40. The Morgan fingerprint density at radius 1 is 1.53 bits per heavy atom. The maximum atomic E-state index is 11.6. The first-order chi connectivity index (χ1) is 7.10. The first-order valence-electron chi connectivity index (χ1n) is 5.40. The molecule has 1 unspecified atom stereocenters. The molecule has 2 aliphatic rings. The molecule has 5 heteroatoms. The molecule has 1 heterocycles. The predicted octanol–water partition coefficient (Wildman–Crippen LogP) is -0.704. The van der Waals surface area contributed by atoms with E-state index in [1.165, 1.54) is 0 Å². The smallest absolute Gasteiger partial charge is 0.252 e. The van der Waals surface area contributed by atoms with Gasteiger partial charge in [0, 0.05) is 19.0 Å². The van der Waals surface area contributed by atoms with Crippen molar-refractivity contribution in [1.29, 1.82) is 0 Å². The summed E-state index contributed by atoms with van der Waals surface area (Å²) >= 11 is 0. The number of hydrogen-bond donors (Lipinski definition) is 3. The van der Waals surface area contributed by atoms with Crippen molar-refractivity contribution in [2.45, 2.75) is 43.7 Å². The molecular formula is C10H16N2O3. The lowest BCUT2D eigenvalue weighted by molar-refractivity contribution is -0.149. The van der Waals surface area contributed by atoms with Crippen LogP contribution in [0.4, 0.5) is 0 Å². The lowest BCUT2D eigenvalue weighted by atomic mass is 9.79. The highest BCUT2D eigenvalue weighted by Crippen LogP contribution is 2.31. The van der Waals surface area contributed by atoms with E-state index in [0.717, 1.165) is 6.42 Å². The zero-order valence-electron chi connectivity index (χ0n) is 8.58. The molecule has 1 saturated carbocycles. The Kier molecular flexibility index (Phi) is 2.65. The fourth-order valence-corrected chi connectivity index (χ4v) is 1.91. The Morgan fingerprint density at radius 2 is 2.27 bits per heavy atom. The van der Waals surface area contributed by atoms with Gasteiger partial charge < -0.3 is 15.7 Å². The summed E-state index contributed by atoms with van der Waals surface area (Å²) < 4.78 is 0. The van der Waals surface area contributed by atoms with Gasteiger partial charge in [0.15, 0.2) is 0 Å². The predicted molar refractivity (Wildman–Crippen MR) is 53.0 cm³/mol. The Balaban J connectivity index is 1.81. The number of carbonyl (C=O) groups is 2. The molecule has 2 rings (SSSR count). The summed E-state index contributed by atoms with van der Waals surface area (Å²) in [5, 5.41) is 15.2. The standard InChI is InChI=1S/C10H16N2O3/c13-8-3-2-7(6-11-8)12-9(14)10(15)4-1-5-10/h7,15H,1-6H2,(H,11,13)(H,12,14). The molecule has 0 spiro atoms. The van der Waals surface area contributed by atoms with E-state index in [0.29, 0.717) is 32.2 Å². The fraction of sp³-hybridized carbons (Fsp3) is 0.800. The van der Waals surface area contributed by atoms with Gasteiger partial charge in [0.2, 0.25) is 5.91 Å². The van der Waals surface area contributed by atoms with Crippen LogP contribution in [-0.4, -0.2) is 35.1 Å². The van der Waals surface area contributed by atoms with Crippen LogP contribution in [0.3, 0.4) is 0 Å². The van der Waals surface area contributed by atoms with Gasteiger partial charge in [-0.05, 0) is 25.7 Å². The van der Waals surface area contributed by atoms with E-state index < -0.39 is 5.60 Å². The van der Waals surface area contributed by atoms with Crippen LogP contribution in [0, 0.1) is 0 Å². The molecule has 0 aromatic rings. The average molecular weight is 212 g/mol. The zero-order valence-corrected chi connectivity index (χ0v) is 8.58. The molecule has 0 aromatic carbocycles. The maximum Gasteiger partial charge on any atom is 0.252 e. The van der Waals surface area contributed by atoms with Crippen LogP contribution in [0.25, 0.3) is 0 Å². The van der Waals surface area contributed by atoms with Crippen molar-refractivity contribution < 1.29 is 14.7 Å². The monoisotopic (exact) mass is 212 g/mol. The van der Waals surface area contributed by atoms with Crippen molar-refractivity contribution in [3.63, 3.8) is 0 Å². The van der Waals surface area contributed by atoms with E-state index in [4.69, 9.17) is 0 Å². The summed E-state index contributed by atoms with van der Waals surface area (Å²) in [5.41, 5.74) is -1.14. The van der Waals surface area contributed by atoms with Gasteiger partial charge >= 0.3 is 0 Å². The summed E-state index contributed by atoms with van der Waals surface area (Å²) in [4.78, 5) is 22.5. The minimum atomic E-state index is -1.14. The average Bonchev–Trinajstić information content (AvgIpc) is 2.18. The summed E-state index contributed by atoms with van der Waals surface area (Å²) in [5.74, 6) is -0.252. The number of aliphatic hydroxyl groups is 1. The number of piperidine rings is 1. The summed E-state index contributed by atoms with van der Waals surface area (Å²) in [7, 11) is 0. The van der Waals surface area contributed by atoms with Gasteiger partial charge in [-0.15, -0.1) is 0 Å². The fourth-order valence-electron chi connectivity index (χ4n) is 1.91. The molecule has 84 valence electrons. The molecule has 1 aliphatic heterocycles. The second-order valence-corrected chi connectivity index (χ2v) is 4.40. The van der Waals surface area contributed by atoms with E-state index in [2.05, 4.69) is 10.6 Å². The van der Waals surface area contributed by atoms with Crippen LogP contribution < -0.4 is 10.6 Å². The minimum absolute atomic E-state index is 0.0279. The van der Waals surface area contributed by atoms with Gasteiger partial charge in [-0.1, -0.05) is 0 Å². The second kappa shape index (κ2) is 3.81. The first kappa shape index (κ1) is 10.4. The molecular weight excluding hydrogens is 196 g/mol. The SMILES string of the molecule is O=C1CCC(NC(=O)C2(O)CCC2)CN1. The molecule has 5 nitrogen and oxygen atoms in total. The minimum Gasteiger partial charge on any atom is -0.380 e. The molecule has 1 aliphatic carbocycles. The van der Waals surface area contributed by atoms with Crippen LogP contribution in [0.15, 0.2) is 0 Å². The highest BCUT2D eigenvalue weighted by atomic mass is 16.3. The van der Waals surface area contributed by atoms with Gasteiger partial charge in [-0.2, -0.15) is 0 Å². The molecule has 0 radical (unpaired) electrons. The summed E-state index contributed by atoms with van der Waals surface area (Å²) in [6.07, 6.45) is 3.12. The van der Waals surface area contributed by atoms with Gasteiger partial charge in [0.25, 0.3) is 5.91 Å². The van der Waals surface area contributed by atoms with Gasteiger partial charge in [0.05, 0.1) is 0 Å². The molecule has 0 bridgehead atoms. The van der Waals surface area contributed by atoms with Crippen LogP contribution >= 0.6 is 0 Å². The van der Waals surface area contributed by atoms with Crippen LogP contribution in [0.1, 0.15) is 32.1 Å². The first-order valence-corrected chi connectivity index (χ1v) is 5.40. The molecule has 0 aromatic heterocycles. The molecule has 3 N–H and O–H groups in total. The van der Waals surface area contributed by atoms with Crippen molar-refractivity contribution >= 4 is 11.8 Å². The van der Waals surface area contributed by atoms with Crippen molar-refractivity contribution in [2.75, 3.05) is 6.54 Å². The van der Waals surface area contributed by atoms with E-state index >= 15 is 0 Å². The normalized spacial score (nSPS) is 28.9. The summed E-state index contributed by atoms with van der Waals surface area (Å²) in [6.45, 7) is 0.473. The van der Waals surface area contributed by atoms with Crippen molar-refractivity contribution in [2.24, 2.45) is 0 Å². The molecule has 1 atom stereocenters. The zero-order chi connectivity index (χ0) is 10.9. The molecule has 1 saturated heterocycles. The number of hydrogen-bond acceptors (Lipinski definition) is 3. The molecule has 15 heavy (non-hydrogen) atoms. The lowest BCUT2D eigenvalue weighted by Crippen LogP contribution is -2.57. The van der Waals surface area contributed by atoms with Crippen LogP contribution in [0.5, 0.6) is 0 Å². The quantitative estimate of drug-likeness (QED) is 0.566. The third-order valence-corrected chi connectivity index (χ3v) is 3.20. The van der Waals surface area contributed by atoms with E-state index in [1.54, 1.807) is 0 Å². The third-order valence-electron chi connectivity index (χ3n) is 3.20. The molecule has 2 amide bonds. The number of carbonyl (C=O) groups excluding carboxylic acids is 2. The Hall–Kier alpha value is -1.10. The lowest BCUT2D eigenvalue weighted by Gasteiger charge is -2.36. The highest BCUT2D eigenvalue weighted by molar-refractivity contribution is 5.86. The summed E-state index contributed by atoms with van der Waals surface area (Å²) in [6, 6.07) is -0.0279. The maximum absolute atomic E-state index is 11.6. The highest BCUT2D eigenvalue weighted by Gasteiger charge is 2.42. The van der Waals surface area contributed by atoms with Gasteiger partial charge in [0.1, 0.15) is 5.60 Å². The van der Waals surface area contributed by atoms with E-state index in [9.17, 15) is 14.7 Å². The van der Waals surface area contributed by atoms with Gasteiger partial charge in [-0.25, -0.2) is 0 Å². The third kappa shape index (κ3) is 2.12. The Morgan fingerprint density at radius 3 is 2.73 bits per heavy atom. The van der Waals surface area contributed by atoms with E-state index in [1.807, 2.05) is 0 Å². The van der Waals surface area contributed by atoms with Crippen molar-refractivity contribution in [3.05, 3.63) is 0 Å². The topological polar surface area (TPSA) is 78.4 Å². The van der Waals surface area contributed by atoms with Crippen LogP contribution in [-0.2, 0) is 9.59 Å². The number of rotatable bonds is 2. The molecule has 2 fully saturated rings. The van der Waals surface area contributed by atoms with Crippen LogP contribution in [0.2, 0.25) is 0 Å². The number of amides is 2. The Labute approximate surface area is 88.2 Å². The van der Waals surface area contributed by atoms with Gasteiger partial charge in [-0.3, -0.25) is 9.59 Å². The van der Waals surface area contributed by atoms with Crippen molar-refractivity contribution in [1.82, 2.24) is 10.6 Å².